The van der Waals surface area contributed by atoms with E-state index in [1.807, 2.05) is 4.90 Å². The van der Waals surface area contributed by atoms with Gasteiger partial charge in [-0.2, -0.15) is 0 Å². The van der Waals surface area contributed by atoms with Gasteiger partial charge in [0.1, 0.15) is 0 Å². The molecule has 1 nitrogen and oxygen atoms in total. The van der Waals surface area contributed by atoms with Crippen molar-refractivity contribution in [2.75, 3.05) is 19.6 Å². The zero-order chi connectivity index (χ0) is 17.6. The lowest BCUT2D eigenvalue weighted by molar-refractivity contribution is -0.900. The molecule has 0 bridgehead atoms. The van der Waals surface area contributed by atoms with Crippen molar-refractivity contribution in [1.82, 2.24) is 0 Å². The van der Waals surface area contributed by atoms with E-state index < -0.39 is 0 Å². The van der Waals surface area contributed by atoms with Gasteiger partial charge in [0.05, 0.1) is 19.6 Å². The van der Waals surface area contributed by atoms with Gasteiger partial charge in [0.2, 0.25) is 0 Å². The van der Waals surface area contributed by atoms with Crippen LogP contribution in [0.4, 0.5) is 0 Å². The molecular formula is C22H50N+. The first kappa shape index (κ1) is 25.2. The molecule has 0 aliphatic carbocycles. The molecule has 0 aromatic heterocycles. The van der Waals surface area contributed by atoms with Crippen molar-refractivity contribution in [1.29, 1.82) is 0 Å². The summed E-state index contributed by atoms with van der Waals surface area (Å²) < 4.78 is 0. The maximum atomic E-state index is 2.30. The van der Waals surface area contributed by atoms with Gasteiger partial charge in [-0.15, -0.1) is 0 Å². The predicted octanol–water partition coefficient (Wildman–Crippen LogP) is 6.42. The van der Waals surface area contributed by atoms with Crippen LogP contribution in [0.1, 0.15) is 125 Å². The predicted molar refractivity (Wildman–Crippen MR) is 109 cm³/mol. The van der Waals surface area contributed by atoms with Crippen LogP contribution in [0.25, 0.3) is 0 Å². The van der Waals surface area contributed by atoms with Crippen LogP contribution in [0.3, 0.4) is 0 Å². The molecule has 0 aromatic rings. The Labute approximate surface area is 149 Å². The van der Waals surface area contributed by atoms with Crippen molar-refractivity contribution in [3.63, 3.8) is 0 Å². The number of hydrogen-bond donors (Lipinski definition) is 1. The summed E-state index contributed by atoms with van der Waals surface area (Å²) in [5.41, 5.74) is 0. The van der Waals surface area contributed by atoms with Crippen molar-refractivity contribution >= 4 is 0 Å². The summed E-state index contributed by atoms with van der Waals surface area (Å²) in [5, 5.41) is 0. The highest BCUT2D eigenvalue weighted by molar-refractivity contribution is 4.42. The van der Waals surface area contributed by atoms with E-state index in [0.29, 0.717) is 0 Å². The van der Waals surface area contributed by atoms with Crippen LogP contribution in [-0.4, -0.2) is 19.6 Å². The minimum atomic E-state index is 1.36. The third-order valence-electron chi connectivity index (χ3n) is 4.61. The molecule has 23 heavy (non-hydrogen) atoms. The summed E-state index contributed by atoms with van der Waals surface area (Å²) in [6, 6.07) is 0. The topological polar surface area (TPSA) is 4.44 Å². The van der Waals surface area contributed by atoms with Gasteiger partial charge in [0.25, 0.3) is 0 Å². The lowest BCUT2D eigenvalue weighted by Crippen LogP contribution is -3.12. The molecule has 142 valence electrons. The molecule has 0 unspecified atom stereocenters. The molecule has 0 saturated carbocycles. The summed E-state index contributed by atoms with van der Waals surface area (Å²) in [5.74, 6) is 0. The van der Waals surface area contributed by atoms with E-state index in [2.05, 4.69) is 34.6 Å². The van der Waals surface area contributed by atoms with E-state index in [0.717, 1.165) is 0 Å². The molecule has 0 atom stereocenters. The van der Waals surface area contributed by atoms with E-state index in [1.54, 1.807) is 0 Å². The summed E-state index contributed by atoms with van der Waals surface area (Å²) in [6.45, 7) is 15.6. The van der Waals surface area contributed by atoms with Crippen LogP contribution < -0.4 is 4.90 Å². The number of rotatable bonds is 16. The zero-order valence-corrected chi connectivity index (χ0v) is 17.5. The van der Waals surface area contributed by atoms with Crippen LogP contribution in [0, 0.1) is 0 Å². The number of hydrogen-bond acceptors (Lipinski definition) is 0. The first-order chi connectivity index (χ1) is 11.3. The van der Waals surface area contributed by atoms with Gasteiger partial charge in [-0.1, -0.05) is 86.0 Å². The molecule has 0 aromatic carbocycles. The van der Waals surface area contributed by atoms with Gasteiger partial charge in [-0.05, 0) is 38.5 Å². The van der Waals surface area contributed by atoms with Crippen LogP contribution in [-0.2, 0) is 0 Å². The van der Waals surface area contributed by atoms with Crippen LogP contribution in [0.15, 0.2) is 0 Å². The normalized spacial score (nSPS) is 10.7. The summed E-state index contributed by atoms with van der Waals surface area (Å²) >= 11 is 0. The summed E-state index contributed by atoms with van der Waals surface area (Å²) in [7, 11) is 0. The van der Waals surface area contributed by atoms with Gasteiger partial charge in [0, 0.05) is 0 Å². The van der Waals surface area contributed by atoms with Crippen LogP contribution in [0.5, 0.6) is 0 Å². The van der Waals surface area contributed by atoms with E-state index >= 15 is 0 Å². The van der Waals surface area contributed by atoms with Crippen molar-refractivity contribution in [3.05, 3.63) is 0 Å². The Bertz CT molecular complexity index is 165. The fourth-order valence-electron chi connectivity index (χ4n) is 2.93. The monoisotopic (exact) mass is 328 g/mol. The molecule has 0 heterocycles. The third kappa shape index (κ3) is 24.3. The molecule has 1 N–H and O–H groups in total. The van der Waals surface area contributed by atoms with Gasteiger partial charge < -0.3 is 4.90 Å². The maximum absolute atomic E-state index is 2.30. The van der Waals surface area contributed by atoms with Crippen molar-refractivity contribution in [2.24, 2.45) is 0 Å². The van der Waals surface area contributed by atoms with Crippen molar-refractivity contribution < 1.29 is 4.90 Å². The molecule has 0 spiro atoms. The number of quaternary nitrogens is 1. The van der Waals surface area contributed by atoms with Crippen LogP contribution in [0.2, 0.25) is 0 Å². The molecule has 0 saturated heterocycles. The average molecular weight is 329 g/mol. The van der Waals surface area contributed by atoms with E-state index in [4.69, 9.17) is 0 Å². The molecule has 0 aliphatic rings. The highest BCUT2D eigenvalue weighted by atomic mass is 15.1. The maximum Gasteiger partial charge on any atom is 0.0770 e. The quantitative estimate of drug-likeness (QED) is 0.312. The second kappa shape index (κ2) is 24.2. The molecule has 1 heteroatoms. The molecule has 0 rings (SSSR count). The van der Waals surface area contributed by atoms with Gasteiger partial charge >= 0.3 is 0 Å². The largest absolute Gasteiger partial charge is 0.335 e. The average Bonchev–Trinajstić information content (AvgIpc) is 2.57. The summed E-state index contributed by atoms with van der Waals surface area (Å²) in [4.78, 5) is 1.88. The first-order valence-electron chi connectivity index (χ1n) is 11.1. The van der Waals surface area contributed by atoms with Gasteiger partial charge in [0.15, 0.2) is 0 Å². The minimum Gasteiger partial charge on any atom is -0.335 e. The Morgan fingerprint density at radius 3 is 0.957 bits per heavy atom. The van der Waals surface area contributed by atoms with E-state index in [1.165, 1.54) is 110 Å². The second-order valence-electron chi connectivity index (χ2n) is 7.18. The van der Waals surface area contributed by atoms with E-state index in [9.17, 15) is 0 Å². The number of unbranched alkanes of at least 4 members (excludes halogenated alkanes) is 10. The van der Waals surface area contributed by atoms with Crippen molar-refractivity contribution in [3.8, 4) is 0 Å². The Kier molecular flexibility index (Phi) is 26.5. The Balaban J connectivity index is 0. The molecule has 0 amide bonds. The lowest BCUT2D eigenvalue weighted by Gasteiger charge is -2.19. The first-order valence-corrected chi connectivity index (χ1v) is 11.1. The van der Waals surface area contributed by atoms with Gasteiger partial charge in [-0.25, -0.2) is 0 Å². The van der Waals surface area contributed by atoms with Crippen molar-refractivity contribution in [2.45, 2.75) is 125 Å². The SMILES string of the molecule is CCCCCC.CCCCCC[NH+](CCCCC)CCCCC. The minimum absolute atomic E-state index is 1.36. The smallest absolute Gasteiger partial charge is 0.0770 e. The fraction of sp³-hybridized carbons (Fsp3) is 1.00. The molecule has 0 aliphatic heterocycles. The number of nitrogens with one attached hydrogen (secondary N) is 1. The molecule has 0 radical (unpaired) electrons. The standard InChI is InChI=1S/C16H35N.C6H14/c1-4-7-10-13-16-17(14-11-8-5-2)15-12-9-6-3;1-3-5-6-4-2/h4-16H2,1-3H3;3-6H2,1-2H3/p+1. The Morgan fingerprint density at radius 1 is 0.348 bits per heavy atom. The Morgan fingerprint density at radius 2 is 0.609 bits per heavy atom. The lowest BCUT2D eigenvalue weighted by atomic mass is 10.1. The fourth-order valence-corrected chi connectivity index (χ4v) is 2.93. The van der Waals surface area contributed by atoms with E-state index in [-0.39, 0.29) is 0 Å². The van der Waals surface area contributed by atoms with Gasteiger partial charge in [-0.3, -0.25) is 0 Å². The summed E-state index contributed by atoms with van der Waals surface area (Å²) in [6.07, 6.45) is 19.7. The highest BCUT2D eigenvalue weighted by Gasteiger charge is 2.07. The molecule has 0 fully saturated rings. The molecular weight excluding hydrogens is 278 g/mol. The third-order valence-corrected chi connectivity index (χ3v) is 4.61. The zero-order valence-electron chi connectivity index (χ0n) is 17.5. The van der Waals surface area contributed by atoms with Crippen LogP contribution >= 0.6 is 0 Å². The highest BCUT2D eigenvalue weighted by Crippen LogP contribution is 1.97. The second-order valence-corrected chi connectivity index (χ2v) is 7.18. The Hall–Kier alpha value is -0.0400.